The molecule has 18 heavy (non-hydrogen) atoms. The lowest BCUT2D eigenvalue weighted by Crippen LogP contribution is -2.40. The predicted molar refractivity (Wildman–Crippen MR) is 71.5 cm³/mol. The predicted octanol–water partition coefficient (Wildman–Crippen LogP) is 1.16. The minimum Gasteiger partial charge on any atom is -0.372 e. The van der Waals surface area contributed by atoms with Crippen LogP contribution in [0.2, 0.25) is 0 Å². The second kappa shape index (κ2) is 4.61. The molecule has 6 heteroatoms. The van der Waals surface area contributed by atoms with E-state index in [4.69, 9.17) is 0 Å². The van der Waals surface area contributed by atoms with Crippen molar-refractivity contribution >= 4 is 27.1 Å². The highest BCUT2D eigenvalue weighted by molar-refractivity contribution is 7.90. The van der Waals surface area contributed by atoms with Crippen LogP contribution in [-0.2, 0) is 14.6 Å². The van der Waals surface area contributed by atoms with Gasteiger partial charge in [-0.15, -0.1) is 0 Å². The summed E-state index contributed by atoms with van der Waals surface area (Å²) in [7, 11) is -3.05. The van der Waals surface area contributed by atoms with Crippen LogP contribution < -0.4 is 10.6 Å². The minimum atomic E-state index is -3.05. The van der Waals surface area contributed by atoms with Crippen molar-refractivity contribution in [2.75, 3.05) is 22.6 Å². The first-order valence-electron chi connectivity index (χ1n) is 5.71. The van der Waals surface area contributed by atoms with Crippen molar-refractivity contribution in [3.05, 3.63) is 23.8 Å². The number of fused-ring (bicyclic) bond motifs is 1. The Hall–Kier alpha value is -1.56. The molecule has 5 nitrogen and oxygen atoms in total. The second-order valence-corrected chi connectivity index (χ2v) is 6.86. The van der Waals surface area contributed by atoms with Crippen LogP contribution in [0.5, 0.6) is 0 Å². The number of sulfone groups is 1. The number of hydrogen-bond acceptors (Lipinski definition) is 4. The first-order chi connectivity index (χ1) is 8.37. The average molecular weight is 268 g/mol. The van der Waals surface area contributed by atoms with Crippen LogP contribution in [0.4, 0.5) is 11.4 Å². The molecule has 0 saturated carbocycles. The van der Waals surface area contributed by atoms with E-state index in [1.807, 2.05) is 25.1 Å². The van der Waals surface area contributed by atoms with Gasteiger partial charge in [0.25, 0.3) is 0 Å². The fourth-order valence-corrected chi connectivity index (χ4v) is 2.62. The zero-order valence-corrected chi connectivity index (χ0v) is 11.2. The second-order valence-electron chi connectivity index (χ2n) is 4.60. The number of benzene rings is 1. The third-order valence-electron chi connectivity index (χ3n) is 2.94. The molecule has 0 fully saturated rings. The lowest BCUT2D eigenvalue weighted by Gasteiger charge is -2.27. The molecule has 1 unspecified atom stereocenters. The first kappa shape index (κ1) is 12.9. The number of anilines is 2. The van der Waals surface area contributed by atoms with Crippen molar-refractivity contribution in [3.63, 3.8) is 0 Å². The smallest absolute Gasteiger partial charge is 0.246 e. The average Bonchev–Trinajstić information content (AvgIpc) is 2.26. The van der Waals surface area contributed by atoms with Gasteiger partial charge in [-0.05, 0) is 25.0 Å². The van der Waals surface area contributed by atoms with Gasteiger partial charge in [0.2, 0.25) is 5.91 Å². The van der Waals surface area contributed by atoms with Crippen LogP contribution in [0.3, 0.4) is 0 Å². The maximum Gasteiger partial charge on any atom is 0.246 e. The number of hydrogen-bond donors (Lipinski definition) is 2. The number of rotatable bonds is 3. The molecule has 2 N–H and O–H groups in total. The largest absolute Gasteiger partial charge is 0.372 e. The molecule has 2 rings (SSSR count). The molecule has 1 aromatic rings. The van der Waals surface area contributed by atoms with Crippen LogP contribution in [0.25, 0.3) is 0 Å². The summed E-state index contributed by atoms with van der Waals surface area (Å²) < 4.78 is 22.3. The van der Waals surface area contributed by atoms with E-state index < -0.39 is 15.9 Å². The summed E-state index contributed by atoms with van der Waals surface area (Å²) in [6.07, 6.45) is 1.45. The SMILES string of the molecule is Cc1cccc2c1NC(CCS(C)(=O)=O)C(=O)N2. The van der Waals surface area contributed by atoms with E-state index in [2.05, 4.69) is 10.6 Å². The third-order valence-corrected chi connectivity index (χ3v) is 3.92. The van der Waals surface area contributed by atoms with Crippen LogP contribution in [0.15, 0.2) is 18.2 Å². The molecule has 1 atom stereocenters. The van der Waals surface area contributed by atoms with Gasteiger partial charge in [0.1, 0.15) is 15.9 Å². The van der Waals surface area contributed by atoms with E-state index in [9.17, 15) is 13.2 Å². The molecule has 1 aromatic carbocycles. The highest BCUT2D eigenvalue weighted by Gasteiger charge is 2.26. The summed E-state index contributed by atoms with van der Waals surface area (Å²) in [4.78, 5) is 11.8. The van der Waals surface area contributed by atoms with Crippen molar-refractivity contribution in [2.45, 2.75) is 19.4 Å². The minimum absolute atomic E-state index is 0.000693. The fraction of sp³-hybridized carbons (Fsp3) is 0.417. The standard InChI is InChI=1S/C12H16N2O3S/c1-8-4-3-5-9-11(8)13-10(12(15)14-9)6-7-18(2,16)17/h3-5,10,13H,6-7H2,1-2H3,(H,14,15). The maximum absolute atomic E-state index is 11.8. The summed E-state index contributed by atoms with van der Waals surface area (Å²) in [6.45, 7) is 1.94. The number of carbonyl (C=O) groups is 1. The summed E-state index contributed by atoms with van der Waals surface area (Å²) >= 11 is 0. The fourth-order valence-electron chi connectivity index (χ4n) is 1.96. The molecule has 0 aliphatic carbocycles. The van der Waals surface area contributed by atoms with E-state index in [1.165, 1.54) is 6.26 Å². The van der Waals surface area contributed by atoms with Crippen LogP contribution >= 0.6 is 0 Å². The molecular formula is C12H16N2O3S. The van der Waals surface area contributed by atoms with Gasteiger partial charge >= 0.3 is 0 Å². The monoisotopic (exact) mass is 268 g/mol. The van der Waals surface area contributed by atoms with E-state index >= 15 is 0 Å². The van der Waals surface area contributed by atoms with E-state index in [-0.39, 0.29) is 18.1 Å². The molecule has 0 spiro atoms. The Kier molecular flexibility index (Phi) is 3.30. The van der Waals surface area contributed by atoms with Crippen molar-refractivity contribution in [1.82, 2.24) is 0 Å². The van der Waals surface area contributed by atoms with E-state index in [1.54, 1.807) is 0 Å². The molecule has 1 heterocycles. The Morgan fingerprint density at radius 3 is 2.72 bits per heavy atom. The Balaban J connectivity index is 2.17. The quantitative estimate of drug-likeness (QED) is 0.862. The van der Waals surface area contributed by atoms with Gasteiger partial charge in [0, 0.05) is 6.26 Å². The van der Waals surface area contributed by atoms with Gasteiger partial charge in [-0.1, -0.05) is 12.1 Å². The molecule has 0 bridgehead atoms. The number of para-hydroxylation sites is 1. The molecule has 0 saturated heterocycles. The summed E-state index contributed by atoms with van der Waals surface area (Å²) in [5, 5.41) is 5.90. The molecule has 1 amide bonds. The van der Waals surface area contributed by atoms with E-state index in [0.717, 1.165) is 16.9 Å². The molecule has 0 aromatic heterocycles. The molecule has 1 aliphatic rings. The van der Waals surface area contributed by atoms with Gasteiger partial charge in [-0.3, -0.25) is 4.79 Å². The third kappa shape index (κ3) is 2.81. The summed E-state index contributed by atoms with van der Waals surface area (Å²) in [5.74, 6) is -0.184. The van der Waals surface area contributed by atoms with Crippen molar-refractivity contribution in [2.24, 2.45) is 0 Å². The van der Waals surface area contributed by atoms with Crippen LogP contribution in [-0.4, -0.2) is 32.4 Å². The van der Waals surface area contributed by atoms with Crippen LogP contribution in [0.1, 0.15) is 12.0 Å². The number of carbonyl (C=O) groups excluding carboxylic acids is 1. The summed E-state index contributed by atoms with van der Waals surface area (Å²) in [6, 6.07) is 5.14. The lowest BCUT2D eigenvalue weighted by atomic mass is 10.1. The van der Waals surface area contributed by atoms with Gasteiger partial charge in [0.05, 0.1) is 17.1 Å². The van der Waals surface area contributed by atoms with Gasteiger partial charge < -0.3 is 10.6 Å². The van der Waals surface area contributed by atoms with Crippen molar-refractivity contribution in [1.29, 1.82) is 0 Å². The Labute approximate surface area is 107 Å². The van der Waals surface area contributed by atoms with Gasteiger partial charge in [-0.2, -0.15) is 0 Å². The highest BCUT2D eigenvalue weighted by Crippen LogP contribution is 2.30. The Morgan fingerprint density at radius 2 is 2.06 bits per heavy atom. The molecule has 1 aliphatic heterocycles. The molecule has 98 valence electrons. The Bertz CT molecular complexity index is 581. The number of aryl methyl sites for hydroxylation is 1. The zero-order valence-electron chi connectivity index (χ0n) is 10.4. The lowest BCUT2D eigenvalue weighted by molar-refractivity contribution is -0.117. The normalized spacial score (nSPS) is 18.8. The van der Waals surface area contributed by atoms with Gasteiger partial charge in [-0.25, -0.2) is 8.42 Å². The highest BCUT2D eigenvalue weighted by atomic mass is 32.2. The maximum atomic E-state index is 11.8. The van der Waals surface area contributed by atoms with Gasteiger partial charge in [0.15, 0.2) is 0 Å². The van der Waals surface area contributed by atoms with E-state index in [0.29, 0.717) is 0 Å². The summed E-state index contributed by atoms with van der Waals surface area (Å²) in [5.41, 5.74) is 2.64. The number of nitrogens with one attached hydrogen (secondary N) is 2. The topological polar surface area (TPSA) is 75.3 Å². The number of amides is 1. The van der Waals surface area contributed by atoms with Crippen molar-refractivity contribution in [3.8, 4) is 0 Å². The van der Waals surface area contributed by atoms with Crippen LogP contribution in [0, 0.1) is 6.92 Å². The molecule has 0 radical (unpaired) electrons. The Morgan fingerprint density at radius 1 is 1.33 bits per heavy atom. The zero-order chi connectivity index (χ0) is 13.3. The van der Waals surface area contributed by atoms with Crippen molar-refractivity contribution < 1.29 is 13.2 Å². The first-order valence-corrected chi connectivity index (χ1v) is 7.77. The molecular weight excluding hydrogens is 252 g/mol.